The lowest BCUT2D eigenvalue weighted by atomic mass is 10.0. The second-order valence-electron chi connectivity index (χ2n) is 2.80. The maximum atomic E-state index is 12.5. The van der Waals surface area contributed by atoms with E-state index in [9.17, 15) is 18.0 Å². The monoisotopic (exact) mass is 224 g/mol. The highest BCUT2D eigenvalue weighted by atomic mass is 19.4. The zero-order valence-electron chi connectivity index (χ0n) is 7.67. The van der Waals surface area contributed by atoms with Crippen molar-refractivity contribution in [2.24, 2.45) is 0 Å². The third-order valence-electron chi connectivity index (χ3n) is 1.80. The van der Waals surface area contributed by atoms with Crippen LogP contribution in [0.3, 0.4) is 0 Å². The topological polar surface area (TPSA) is 45.2 Å². The summed E-state index contributed by atoms with van der Waals surface area (Å²) in [6.07, 6.45) is -4.50. The predicted octanol–water partition coefficient (Wildman–Crippen LogP) is 2.94. The van der Waals surface area contributed by atoms with E-state index in [0.717, 1.165) is 12.1 Å². The molecule has 16 heavy (non-hydrogen) atoms. The first-order chi connectivity index (χ1) is 7.43. The molecule has 0 unspecified atom stereocenters. The third-order valence-corrected chi connectivity index (χ3v) is 1.80. The largest absolute Gasteiger partial charge is 0.408 e. The average molecular weight is 224 g/mol. The molecule has 0 radical (unpaired) electrons. The molecule has 0 bridgehead atoms. The minimum atomic E-state index is -4.79. The zero-order valence-corrected chi connectivity index (χ0v) is 7.67. The minimum absolute atomic E-state index is 0.129. The summed E-state index contributed by atoms with van der Waals surface area (Å²) in [7, 11) is 0. The van der Waals surface area contributed by atoms with Crippen LogP contribution in [0.1, 0.15) is 21.5 Å². The molecular weight excluding hydrogens is 221 g/mol. The van der Waals surface area contributed by atoms with Crippen molar-refractivity contribution in [3.05, 3.63) is 40.2 Å². The van der Waals surface area contributed by atoms with Gasteiger partial charge in [0.05, 0.1) is 23.8 Å². The molecule has 0 aliphatic carbocycles. The van der Waals surface area contributed by atoms with Gasteiger partial charge in [-0.25, -0.2) is 4.85 Å². The summed E-state index contributed by atoms with van der Waals surface area (Å²) in [6, 6.07) is 2.95. The van der Waals surface area contributed by atoms with Crippen molar-refractivity contribution < 1.29 is 18.0 Å². The lowest BCUT2D eigenvalue weighted by Gasteiger charge is -2.10. The normalized spacial score (nSPS) is 10.3. The molecular formula is C10H3F3N2O. The standard InChI is InChI=1S/C10H3F3N2O/c1-15-8-3-6(5-16)2-7(4-14)9(8)10(11,12)13/h2-3,5H. The Morgan fingerprint density at radius 2 is 2.06 bits per heavy atom. The number of aldehydes is 1. The van der Waals surface area contributed by atoms with Crippen molar-refractivity contribution in [1.82, 2.24) is 0 Å². The van der Waals surface area contributed by atoms with Gasteiger partial charge in [-0.15, -0.1) is 0 Å². The van der Waals surface area contributed by atoms with E-state index in [1.165, 1.54) is 6.07 Å². The van der Waals surface area contributed by atoms with Gasteiger partial charge < -0.3 is 0 Å². The molecule has 0 fully saturated rings. The molecule has 0 saturated heterocycles. The molecule has 0 atom stereocenters. The zero-order chi connectivity index (χ0) is 12.3. The van der Waals surface area contributed by atoms with Crippen molar-refractivity contribution in [2.75, 3.05) is 0 Å². The van der Waals surface area contributed by atoms with Crippen molar-refractivity contribution in [2.45, 2.75) is 6.18 Å². The summed E-state index contributed by atoms with van der Waals surface area (Å²) in [6.45, 7) is 6.61. The Kier molecular flexibility index (Phi) is 2.96. The van der Waals surface area contributed by atoms with Crippen LogP contribution in [0, 0.1) is 17.9 Å². The van der Waals surface area contributed by atoms with Crippen LogP contribution in [0.15, 0.2) is 12.1 Å². The molecule has 1 aromatic rings. The SMILES string of the molecule is [C-]#[N+]c1cc(C=O)cc(C#N)c1C(F)(F)F. The summed E-state index contributed by atoms with van der Waals surface area (Å²) in [5.74, 6) is 0. The minimum Gasteiger partial charge on any atom is -0.298 e. The van der Waals surface area contributed by atoms with Crippen LogP contribution in [0.4, 0.5) is 18.9 Å². The molecule has 3 nitrogen and oxygen atoms in total. The molecule has 0 heterocycles. The van der Waals surface area contributed by atoms with Crippen LogP contribution in [0.25, 0.3) is 4.85 Å². The van der Waals surface area contributed by atoms with Gasteiger partial charge in [-0.05, 0) is 12.1 Å². The number of rotatable bonds is 1. The highest BCUT2D eigenvalue weighted by molar-refractivity contribution is 5.80. The number of hydrogen-bond acceptors (Lipinski definition) is 2. The first kappa shape index (κ1) is 11.7. The van der Waals surface area contributed by atoms with Gasteiger partial charge in [0.25, 0.3) is 0 Å². The van der Waals surface area contributed by atoms with Gasteiger partial charge in [0.15, 0.2) is 0 Å². The fraction of sp³-hybridized carbons (Fsp3) is 0.100. The molecule has 0 aliphatic rings. The van der Waals surface area contributed by atoms with Crippen molar-refractivity contribution in [1.29, 1.82) is 5.26 Å². The number of benzene rings is 1. The Labute approximate surface area is 88.5 Å². The molecule has 0 saturated carbocycles. The van der Waals surface area contributed by atoms with Crippen LogP contribution in [-0.4, -0.2) is 6.29 Å². The number of hydrogen-bond donors (Lipinski definition) is 0. The van der Waals surface area contributed by atoms with Crippen molar-refractivity contribution >= 4 is 12.0 Å². The fourth-order valence-corrected chi connectivity index (χ4v) is 1.19. The first-order valence-corrected chi connectivity index (χ1v) is 3.92. The van der Waals surface area contributed by atoms with Crippen LogP contribution < -0.4 is 0 Å². The van der Waals surface area contributed by atoms with Gasteiger partial charge in [-0.3, -0.25) is 4.79 Å². The van der Waals surface area contributed by atoms with Gasteiger partial charge in [0.2, 0.25) is 5.69 Å². The summed E-state index contributed by atoms with van der Waals surface area (Å²) < 4.78 is 37.6. The van der Waals surface area contributed by atoms with E-state index in [4.69, 9.17) is 11.8 Å². The van der Waals surface area contributed by atoms with Crippen LogP contribution >= 0.6 is 0 Å². The molecule has 1 rings (SSSR count). The number of nitriles is 1. The molecule has 80 valence electrons. The van der Waals surface area contributed by atoms with Crippen molar-refractivity contribution in [3.63, 3.8) is 0 Å². The number of halogens is 3. The van der Waals surface area contributed by atoms with E-state index in [0.29, 0.717) is 0 Å². The Balaban J connectivity index is 3.67. The predicted molar refractivity (Wildman–Crippen MR) is 47.8 cm³/mol. The second-order valence-corrected chi connectivity index (χ2v) is 2.80. The maximum absolute atomic E-state index is 12.5. The summed E-state index contributed by atoms with van der Waals surface area (Å²) >= 11 is 0. The highest BCUT2D eigenvalue weighted by Crippen LogP contribution is 2.39. The van der Waals surface area contributed by atoms with Crippen molar-refractivity contribution in [3.8, 4) is 6.07 Å². The average Bonchev–Trinajstić information content (AvgIpc) is 2.25. The summed E-state index contributed by atoms with van der Waals surface area (Å²) in [5.41, 5.74) is -2.89. The molecule has 0 N–H and O–H groups in total. The lowest BCUT2D eigenvalue weighted by molar-refractivity contribution is -0.137. The Hall–Kier alpha value is -2.34. The van der Waals surface area contributed by atoms with Crippen LogP contribution in [-0.2, 0) is 6.18 Å². The molecule has 1 aromatic carbocycles. The van der Waals surface area contributed by atoms with E-state index in [2.05, 4.69) is 4.85 Å². The Morgan fingerprint density at radius 3 is 2.44 bits per heavy atom. The van der Waals surface area contributed by atoms with E-state index >= 15 is 0 Å². The Bertz CT molecular complexity index is 485. The van der Waals surface area contributed by atoms with Crippen LogP contribution in [0.2, 0.25) is 0 Å². The quantitative estimate of drug-likeness (QED) is 0.543. The van der Waals surface area contributed by atoms with E-state index in [-0.39, 0.29) is 11.8 Å². The number of nitrogens with zero attached hydrogens (tertiary/aromatic N) is 2. The molecule has 0 amide bonds. The molecule has 0 aliphatic heterocycles. The van der Waals surface area contributed by atoms with E-state index in [1.54, 1.807) is 0 Å². The fourth-order valence-electron chi connectivity index (χ4n) is 1.19. The van der Waals surface area contributed by atoms with E-state index < -0.39 is 23.0 Å². The number of alkyl halides is 3. The second kappa shape index (κ2) is 4.03. The van der Waals surface area contributed by atoms with Crippen LogP contribution in [0.5, 0.6) is 0 Å². The molecule has 6 heteroatoms. The summed E-state index contributed by atoms with van der Waals surface area (Å²) in [4.78, 5) is 13.1. The van der Waals surface area contributed by atoms with E-state index in [1.807, 2.05) is 0 Å². The number of carbonyl (C=O) groups is 1. The summed E-state index contributed by atoms with van der Waals surface area (Å²) in [5, 5.41) is 8.55. The van der Waals surface area contributed by atoms with Gasteiger partial charge in [-0.2, -0.15) is 18.4 Å². The van der Waals surface area contributed by atoms with Gasteiger partial charge in [-0.1, -0.05) is 0 Å². The van der Waals surface area contributed by atoms with Gasteiger partial charge >= 0.3 is 6.18 Å². The maximum Gasteiger partial charge on any atom is 0.408 e. The Morgan fingerprint density at radius 1 is 1.44 bits per heavy atom. The molecule has 0 spiro atoms. The first-order valence-electron chi connectivity index (χ1n) is 3.92. The number of carbonyl (C=O) groups excluding carboxylic acids is 1. The smallest absolute Gasteiger partial charge is 0.298 e. The third kappa shape index (κ3) is 2.01. The molecule has 0 aromatic heterocycles. The lowest BCUT2D eigenvalue weighted by Crippen LogP contribution is -2.08. The highest BCUT2D eigenvalue weighted by Gasteiger charge is 2.36. The van der Waals surface area contributed by atoms with Gasteiger partial charge in [0, 0.05) is 5.56 Å². The van der Waals surface area contributed by atoms with Gasteiger partial charge in [0.1, 0.15) is 6.29 Å².